The third-order valence-electron chi connectivity index (χ3n) is 4.84. The molecular formula is C16H31NO. The molecule has 0 aromatic heterocycles. The van der Waals surface area contributed by atoms with Crippen molar-refractivity contribution in [1.82, 2.24) is 5.32 Å². The van der Waals surface area contributed by atoms with Crippen molar-refractivity contribution in [3.8, 4) is 0 Å². The van der Waals surface area contributed by atoms with Crippen LogP contribution in [0.4, 0.5) is 0 Å². The first kappa shape index (κ1) is 14.3. The van der Waals surface area contributed by atoms with Crippen molar-refractivity contribution in [1.29, 1.82) is 0 Å². The summed E-state index contributed by atoms with van der Waals surface area (Å²) in [6.45, 7) is 6.68. The smallest absolute Gasteiger partial charge is 0.0601 e. The molecule has 4 atom stereocenters. The van der Waals surface area contributed by atoms with E-state index in [4.69, 9.17) is 4.74 Å². The maximum atomic E-state index is 6.05. The second-order valence-electron chi connectivity index (χ2n) is 6.59. The molecular weight excluding hydrogens is 222 g/mol. The monoisotopic (exact) mass is 253 g/mol. The van der Waals surface area contributed by atoms with Gasteiger partial charge in [-0.2, -0.15) is 0 Å². The van der Waals surface area contributed by atoms with Gasteiger partial charge in [0.25, 0.3) is 0 Å². The standard InChI is InChI=1S/C16H31NO/c1-13-6-5-8-15(12-13)17-10-11-18-16-9-4-3-7-14(16)2/h13-17H,3-12H2,1-2H3. The van der Waals surface area contributed by atoms with E-state index in [9.17, 15) is 0 Å². The summed E-state index contributed by atoms with van der Waals surface area (Å²) in [5, 5.41) is 3.68. The first-order valence-electron chi connectivity index (χ1n) is 8.10. The average molecular weight is 253 g/mol. The maximum Gasteiger partial charge on any atom is 0.0601 e. The van der Waals surface area contributed by atoms with Crippen molar-refractivity contribution < 1.29 is 4.74 Å². The zero-order valence-electron chi connectivity index (χ0n) is 12.3. The molecule has 1 N–H and O–H groups in total. The molecule has 0 aromatic rings. The Morgan fingerprint density at radius 1 is 1.00 bits per heavy atom. The Kier molecular flexibility index (Phi) is 5.97. The van der Waals surface area contributed by atoms with Crippen molar-refractivity contribution in [3.63, 3.8) is 0 Å². The van der Waals surface area contributed by atoms with Gasteiger partial charge in [0.1, 0.15) is 0 Å². The Morgan fingerprint density at radius 2 is 1.83 bits per heavy atom. The van der Waals surface area contributed by atoms with E-state index in [-0.39, 0.29) is 0 Å². The van der Waals surface area contributed by atoms with Gasteiger partial charge in [-0.25, -0.2) is 0 Å². The molecule has 0 heterocycles. The zero-order chi connectivity index (χ0) is 12.8. The molecule has 106 valence electrons. The van der Waals surface area contributed by atoms with Crippen molar-refractivity contribution in [2.75, 3.05) is 13.2 Å². The normalized spacial score (nSPS) is 37.7. The van der Waals surface area contributed by atoms with Crippen LogP contribution in [0.5, 0.6) is 0 Å². The summed E-state index contributed by atoms with van der Waals surface area (Å²) in [7, 11) is 0. The number of rotatable bonds is 5. The summed E-state index contributed by atoms with van der Waals surface area (Å²) < 4.78 is 6.05. The Balaban J connectivity index is 1.55. The molecule has 4 unspecified atom stereocenters. The van der Waals surface area contributed by atoms with Crippen molar-refractivity contribution in [3.05, 3.63) is 0 Å². The lowest BCUT2D eigenvalue weighted by Gasteiger charge is -2.30. The largest absolute Gasteiger partial charge is 0.377 e. The van der Waals surface area contributed by atoms with Gasteiger partial charge in [-0.05, 0) is 37.5 Å². The molecule has 2 fully saturated rings. The highest BCUT2D eigenvalue weighted by atomic mass is 16.5. The van der Waals surface area contributed by atoms with E-state index in [0.717, 1.165) is 31.0 Å². The minimum Gasteiger partial charge on any atom is -0.377 e. The van der Waals surface area contributed by atoms with Crippen LogP contribution in [0, 0.1) is 11.8 Å². The molecule has 2 saturated carbocycles. The highest BCUT2D eigenvalue weighted by Crippen LogP contribution is 2.26. The molecule has 18 heavy (non-hydrogen) atoms. The summed E-state index contributed by atoms with van der Waals surface area (Å²) in [5.74, 6) is 1.68. The van der Waals surface area contributed by atoms with Crippen LogP contribution in [0.25, 0.3) is 0 Å². The first-order chi connectivity index (χ1) is 8.75. The van der Waals surface area contributed by atoms with Crippen molar-refractivity contribution in [2.24, 2.45) is 11.8 Å². The van der Waals surface area contributed by atoms with E-state index in [1.807, 2.05) is 0 Å². The molecule has 2 aliphatic rings. The van der Waals surface area contributed by atoms with Crippen molar-refractivity contribution in [2.45, 2.75) is 77.4 Å². The third-order valence-corrected chi connectivity index (χ3v) is 4.84. The van der Waals surface area contributed by atoms with Crippen LogP contribution in [-0.2, 0) is 4.74 Å². The molecule has 0 aliphatic heterocycles. The van der Waals surface area contributed by atoms with Gasteiger partial charge in [-0.15, -0.1) is 0 Å². The van der Waals surface area contributed by atoms with Crippen LogP contribution >= 0.6 is 0 Å². The molecule has 0 radical (unpaired) electrons. The van der Waals surface area contributed by atoms with Crippen LogP contribution in [0.15, 0.2) is 0 Å². The molecule has 0 spiro atoms. The quantitative estimate of drug-likeness (QED) is 0.753. The molecule has 0 saturated heterocycles. The molecule has 0 bridgehead atoms. The van der Waals surface area contributed by atoms with E-state index < -0.39 is 0 Å². The Labute approximate surface area is 113 Å². The fourth-order valence-electron chi connectivity index (χ4n) is 3.62. The first-order valence-corrected chi connectivity index (χ1v) is 8.10. The number of nitrogens with one attached hydrogen (secondary N) is 1. The van der Waals surface area contributed by atoms with E-state index >= 15 is 0 Å². The molecule has 2 rings (SSSR count). The Hall–Kier alpha value is -0.0800. The topological polar surface area (TPSA) is 21.3 Å². The van der Waals surface area contributed by atoms with Gasteiger partial charge in [0.15, 0.2) is 0 Å². The van der Waals surface area contributed by atoms with Gasteiger partial charge >= 0.3 is 0 Å². The van der Waals surface area contributed by atoms with Crippen LogP contribution in [0.2, 0.25) is 0 Å². The Bertz CT molecular complexity index is 231. The second kappa shape index (κ2) is 7.49. The summed E-state index contributed by atoms with van der Waals surface area (Å²) in [5.41, 5.74) is 0. The minimum atomic E-state index is 0.533. The lowest BCUT2D eigenvalue weighted by Crippen LogP contribution is -2.37. The molecule has 0 aromatic carbocycles. The van der Waals surface area contributed by atoms with Crippen molar-refractivity contribution >= 4 is 0 Å². The predicted molar refractivity (Wildman–Crippen MR) is 76.8 cm³/mol. The number of hydrogen-bond acceptors (Lipinski definition) is 2. The highest BCUT2D eigenvalue weighted by molar-refractivity contribution is 4.76. The van der Waals surface area contributed by atoms with Crippen LogP contribution < -0.4 is 5.32 Å². The van der Waals surface area contributed by atoms with Gasteiger partial charge < -0.3 is 10.1 Å². The highest BCUT2D eigenvalue weighted by Gasteiger charge is 2.22. The summed E-state index contributed by atoms with van der Waals surface area (Å²) in [6.07, 6.45) is 11.5. The van der Waals surface area contributed by atoms with Crippen LogP contribution in [0.1, 0.15) is 65.2 Å². The Morgan fingerprint density at radius 3 is 2.61 bits per heavy atom. The lowest BCUT2D eigenvalue weighted by molar-refractivity contribution is -0.00429. The predicted octanol–water partition coefficient (Wildman–Crippen LogP) is 3.75. The summed E-state index contributed by atoms with van der Waals surface area (Å²) in [6, 6.07) is 0.751. The van der Waals surface area contributed by atoms with E-state index in [1.54, 1.807) is 0 Å². The molecule has 2 aliphatic carbocycles. The molecule has 2 heteroatoms. The summed E-state index contributed by atoms with van der Waals surface area (Å²) in [4.78, 5) is 0. The van der Waals surface area contributed by atoms with E-state index in [1.165, 1.54) is 51.4 Å². The average Bonchev–Trinajstić information content (AvgIpc) is 2.37. The van der Waals surface area contributed by atoms with Crippen LogP contribution in [-0.4, -0.2) is 25.3 Å². The third kappa shape index (κ3) is 4.55. The fourth-order valence-corrected chi connectivity index (χ4v) is 3.62. The fraction of sp³-hybridized carbons (Fsp3) is 1.00. The van der Waals surface area contributed by atoms with Gasteiger partial charge in [0, 0.05) is 12.6 Å². The SMILES string of the molecule is CC1CCCC(NCCOC2CCCCC2C)C1. The summed E-state index contributed by atoms with van der Waals surface area (Å²) >= 11 is 0. The zero-order valence-corrected chi connectivity index (χ0v) is 12.3. The van der Waals surface area contributed by atoms with Gasteiger partial charge in [-0.1, -0.05) is 39.5 Å². The van der Waals surface area contributed by atoms with Gasteiger partial charge in [-0.3, -0.25) is 0 Å². The lowest BCUT2D eigenvalue weighted by atomic mass is 9.87. The minimum absolute atomic E-state index is 0.533. The second-order valence-corrected chi connectivity index (χ2v) is 6.59. The molecule has 0 amide bonds. The van der Waals surface area contributed by atoms with Gasteiger partial charge in [0.2, 0.25) is 0 Å². The number of ether oxygens (including phenoxy) is 1. The molecule has 2 nitrogen and oxygen atoms in total. The van der Waals surface area contributed by atoms with Gasteiger partial charge in [0.05, 0.1) is 12.7 Å². The van der Waals surface area contributed by atoms with E-state index in [0.29, 0.717) is 6.10 Å². The number of hydrogen-bond donors (Lipinski definition) is 1. The van der Waals surface area contributed by atoms with E-state index in [2.05, 4.69) is 19.2 Å². The van der Waals surface area contributed by atoms with Crippen LogP contribution in [0.3, 0.4) is 0 Å². The maximum absolute atomic E-state index is 6.05.